The van der Waals surface area contributed by atoms with Crippen LogP contribution in [0.4, 0.5) is 11.8 Å². The molecule has 0 bridgehead atoms. The number of hydrogen-bond acceptors (Lipinski definition) is 8. The van der Waals surface area contributed by atoms with Gasteiger partial charge in [-0.05, 0) is 18.1 Å². The maximum Gasteiger partial charge on any atom is 0.251 e. The summed E-state index contributed by atoms with van der Waals surface area (Å²) < 4.78 is 0. The van der Waals surface area contributed by atoms with Crippen LogP contribution < -0.4 is 16.4 Å². The van der Waals surface area contributed by atoms with Gasteiger partial charge in [-0.25, -0.2) is 19.9 Å². The van der Waals surface area contributed by atoms with Gasteiger partial charge in [-0.15, -0.1) is 0 Å². The molecule has 1 aromatic carbocycles. The zero-order chi connectivity index (χ0) is 23.4. The fourth-order valence-electron chi connectivity index (χ4n) is 3.77. The largest absolute Gasteiger partial charge is 0.369 e. The number of aromatic nitrogens is 5. The molecule has 0 saturated heterocycles. The lowest BCUT2D eigenvalue weighted by Crippen LogP contribution is -2.31. The quantitative estimate of drug-likeness (QED) is 0.398. The van der Waals surface area contributed by atoms with Gasteiger partial charge in [0.1, 0.15) is 12.1 Å². The summed E-state index contributed by atoms with van der Waals surface area (Å²) in [6.07, 6.45) is 7.32. The average Bonchev–Trinajstić information content (AvgIpc) is 2.86. The van der Waals surface area contributed by atoms with Crippen molar-refractivity contribution in [3.05, 3.63) is 66.4 Å². The number of nitrogens with one attached hydrogen (secondary N) is 2. The van der Waals surface area contributed by atoms with Crippen LogP contribution in [0.25, 0.3) is 22.2 Å². The third-order valence-electron chi connectivity index (χ3n) is 5.97. The first-order valence-corrected chi connectivity index (χ1v) is 10.7. The Kier molecular flexibility index (Phi) is 6.12. The van der Waals surface area contributed by atoms with Crippen molar-refractivity contribution in [3.8, 4) is 11.3 Å². The highest BCUT2D eigenvalue weighted by Crippen LogP contribution is 2.33. The summed E-state index contributed by atoms with van der Waals surface area (Å²) in [6, 6.07) is 9.59. The number of nitrogen functional groups attached to an aromatic ring is 1. The number of fused-ring (bicyclic) bond motifs is 1. The number of para-hydroxylation sites is 1. The molecule has 9 heteroatoms. The minimum Gasteiger partial charge on any atom is -0.369 e. The maximum atomic E-state index is 12.4. The van der Waals surface area contributed by atoms with Crippen LogP contribution in [-0.4, -0.2) is 44.4 Å². The number of rotatable bonds is 7. The maximum absolute atomic E-state index is 12.4. The van der Waals surface area contributed by atoms with E-state index in [1.807, 2.05) is 18.2 Å². The molecule has 33 heavy (non-hydrogen) atoms. The van der Waals surface area contributed by atoms with Crippen molar-refractivity contribution in [1.29, 1.82) is 0 Å². The number of benzene rings is 1. The van der Waals surface area contributed by atoms with Crippen molar-refractivity contribution >= 4 is 28.6 Å². The summed E-state index contributed by atoms with van der Waals surface area (Å²) >= 11 is 0. The Labute approximate surface area is 191 Å². The molecule has 0 saturated carbocycles. The van der Waals surface area contributed by atoms with Crippen LogP contribution in [0.2, 0.25) is 0 Å². The molecular weight excluding hydrogens is 416 g/mol. The molecule has 1 amide bonds. The van der Waals surface area contributed by atoms with Crippen molar-refractivity contribution in [1.82, 2.24) is 30.2 Å². The Morgan fingerprint density at radius 1 is 1.09 bits per heavy atom. The van der Waals surface area contributed by atoms with Crippen LogP contribution in [0, 0.1) is 0 Å². The van der Waals surface area contributed by atoms with Crippen molar-refractivity contribution in [3.63, 3.8) is 0 Å². The lowest BCUT2D eigenvalue weighted by atomic mass is 9.78. The third kappa shape index (κ3) is 4.43. The number of pyridine rings is 1. The van der Waals surface area contributed by atoms with Crippen LogP contribution >= 0.6 is 0 Å². The highest BCUT2D eigenvalue weighted by molar-refractivity contribution is 6.06. The van der Waals surface area contributed by atoms with E-state index in [1.165, 1.54) is 6.33 Å². The first-order chi connectivity index (χ1) is 15.9. The standard InChI is InChI=1S/C24H26N8O/c1-4-24(2,18-7-5-6-16-17(22(33)26-3)8-9-27-21(16)18)13-30-20-10-19(31-14-32-20)15-11-28-23(25)29-12-15/h5-12,14H,4,13H2,1-3H3,(H,26,33)(H2,25,28,29)(H,30,31,32). The summed E-state index contributed by atoms with van der Waals surface area (Å²) in [5.74, 6) is 0.778. The highest BCUT2D eigenvalue weighted by Gasteiger charge is 2.28. The highest BCUT2D eigenvalue weighted by atomic mass is 16.1. The Morgan fingerprint density at radius 3 is 2.61 bits per heavy atom. The van der Waals surface area contributed by atoms with Gasteiger partial charge in [-0.3, -0.25) is 9.78 Å². The molecule has 1 unspecified atom stereocenters. The van der Waals surface area contributed by atoms with E-state index in [0.717, 1.165) is 28.5 Å². The minimum atomic E-state index is -0.261. The molecule has 0 spiro atoms. The van der Waals surface area contributed by atoms with Crippen LogP contribution in [-0.2, 0) is 5.41 Å². The molecule has 3 aromatic heterocycles. The summed E-state index contributed by atoms with van der Waals surface area (Å²) in [5.41, 5.74) is 9.29. The molecule has 0 radical (unpaired) electrons. The van der Waals surface area contributed by atoms with E-state index in [4.69, 9.17) is 5.73 Å². The summed E-state index contributed by atoms with van der Waals surface area (Å²) in [6.45, 7) is 4.93. The van der Waals surface area contributed by atoms with Crippen molar-refractivity contribution in [2.45, 2.75) is 25.7 Å². The molecule has 1 atom stereocenters. The van der Waals surface area contributed by atoms with Crippen LogP contribution in [0.15, 0.2) is 55.2 Å². The normalized spacial score (nSPS) is 12.8. The van der Waals surface area contributed by atoms with Gasteiger partial charge in [0.2, 0.25) is 5.95 Å². The number of hydrogen-bond donors (Lipinski definition) is 3. The predicted octanol–water partition coefficient (Wildman–Crippen LogP) is 3.20. The van der Waals surface area contributed by atoms with Gasteiger partial charge in [0.15, 0.2) is 0 Å². The first-order valence-electron chi connectivity index (χ1n) is 10.7. The van der Waals surface area contributed by atoms with Crippen LogP contribution in [0.1, 0.15) is 36.2 Å². The fraction of sp³-hybridized carbons (Fsp3) is 0.250. The lowest BCUT2D eigenvalue weighted by Gasteiger charge is -2.30. The van der Waals surface area contributed by atoms with Gasteiger partial charge in [0.25, 0.3) is 5.91 Å². The van der Waals surface area contributed by atoms with E-state index in [2.05, 4.69) is 55.5 Å². The second-order valence-corrected chi connectivity index (χ2v) is 8.03. The van der Waals surface area contributed by atoms with E-state index in [9.17, 15) is 4.79 Å². The van der Waals surface area contributed by atoms with Gasteiger partial charge in [-0.2, -0.15) is 0 Å². The van der Waals surface area contributed by atoms with Gasteiger partial charge in [-0.1, -0.05) is 32.0 Å². The van der Waals surface area contributed by atoms with Crippen molar-refractivity contribution < 1.29 is 4.79 Å². The Hall–Kier alpha value is -4.14. The summed E-state index contributed by atoms with van der Waals surface area (Å²) in [4.78, 5) is 33.7. The number of carbonyl (C=O) groups is 1. The monoisotopic (exact) mass is 442 g/mol. The Morgan fingerprint density at radius 2 is 1.88 bits per heavy atom. The summed E-state index contributed by atoms with van der Waals surface area (Å²) in [5, 5.41) is 6.99. The smallest absolute Gasteiger partial charge is 0.251 e. The van der Waals surface area contributed by atoms with Crippen LogP contribution in [0.3, 0.4) is 0 Å². The van der Waals surface area contributed by atoms with E-state index in [1.54, 1.807) is 31.7 Å². The van der Waals surface area contributed by atoms with Crippen molar-refractivity contribution in [2.24, 2.45) is 0 Å². The van der Waals surface area contributed by atoms with Gasteiger partial charge in [0.05, 0.1) is 16.8 Å². The molecule has 0 aliphatic carbocycles. The lowest BCUT2D eigenvalue weighted by molar-refractivity contribution is 0.0964. The van der Waals surface area contributed by atoms with Gasteiger partial charge >= 0.3 is 0 Å². The molecule has 4 rings (SSSR count). The third-order valence-corrected chi connectivity index (χ3v) is 5.97. The molecule has 0 aliphatic rings. The number of carbonyl (C=O) groups excluding carboxylic acids is 1. The molecule has 4 aromatic rings. The average molecular weight is 443 g/mol. The molecule has 0 fully saturated rings. The van der Waals surface area contributed by atoms with E-state index in [-0.39, 0.29) is 17.3 Å². The number of nitrogens with two attached hydrogens (primary N) is 1. The van der Waals surface area contributed by atoms with E-state index in [0.29, 0.717) is 23.6 Å². The Bertz CT molecular complexity index is 1290. The number of nitrogens with zero attached hydrogens (tertiary/aromatic N) is 5. The molecule has 9 nitrogen and oxygen atoms in total. The molecule has 0 aliphatic heterocycles. The fourth-order valence-corrected chi connectivity index (χ4v) is 3.77. The molecule has 168 valence electrons. The van der Waals surface area contributed by atoms with Crippen LogP contribution in [0.5, 0.6) is 0 Å². The van der Waals surface area contributed by atoms with Crippen molar-refractivity contribution in [2.75, 3.05) is 24.6 Å². The summed E-state index contributed by atoms with van der Waals surface area (Å²) in [7, 11) is 1.63. The topological polar surface area (TPSA) is 132 Å². The van der Waals surface area contributed by atoms with Gasteiger partial charge < -0.3 is 16.4 Å². The molecular formula is C24H26N8O. The number of anilines is 2. The SMILES string of the molecule is CCC(C)(CNc1cc(-c2cnc(N)nc2)ncn1)c1cccc2c(C(=O)NC)ccnc12. The van der Waals surface area contributed by atoms with E-state index < -0.39 is 0 Å². The zero-order valence-electron chi connectivity index (χ0n) is 18.8. The second-order valence-electron chi connectivity index (χ2n) is 8.03. The number of amides is 1. The second kappa shape index (κ2) is 9.15. The zero-order valence-corrected chi connectivity index (χ0v) is 18.8. The Balaban J connectivity index is 1.64. The minimum absolute atomic E-state index is 0.129. The first kappa shape index (κ1) is 22.1. The van der Waals surface area contributed by atoms with E-state index >= 15 is 0 Å². The molecule has 4 N–H and O–H groups in total. The molecule has 3 heterocycles. The predicted molar refractivity (Wildman–Crippen MR) is 129 cm³/mol. The van der Waals surface area contributed by atoms with Gasteiger partial charge in [0, 0.05) is 54.6 Å².